The Bertz CT molecular complexity index is 632. The van der Waals surface area contributed by atoms with Crippen LogP contribution in [0.15, 0.2) is 24.5 Å². The van der Waals surface area contributed by atoms with Gasteiger partial charge in [0.05, 0.1) is 0 Å². The van der Waals surface area contributed by atoms with Gasteiger partial charge in [-0.15, -0.1) is 0 Å². The molecule has 2 aromatic rings. The van der Waals surface area contributed by atoms with Gasteiger partial charge in [-0.05, 0) is 30.0 Å². The number of pyridine rings is 1. The van der Waals surface area contributed by atoms with Crippen molar-refractivity contribution in [3.63, 3.8) is 0 Å². The normalized spacial score (nSPS) is 19.2. The van der Waals surface area contributed by atoms with Crippen LogP contribution in [0.3, 0.4) is 0 Å². The summed E-state index contributed by atoms with van der Waals surface area (Å²) in [4.78, 5) is 18.5. The van der Waals surface area contributed by atoms with E-state index in [-0.39, 0.29) is 5.91 Å². The van der Waals surface area contributed by atoms with Crippen LogP contribution in [0.25, 0.3) is 11.0 Å². The minimum Gasteiger partial charge on any atom is -0.338 e. The molecule has 0 saturated carbocycles. The van der Waals surface area contributed by atoms with E-state index in [1.54, 1.807) is 0 Å². The Morgan fingerprint density at radius 1 is 1.45 bits per heavy atom. The second kappa shape index (κ2) is 5.27. The third-order valence-electron chi connectivity index (χ3n) is 4.13. The Balaban J connectivity index is 1.74. The molecule has 0 aliphatic carbocycles. The van der Waals surface area contributed by atoms with Crippen LogP contribution in [-0.2, 0) is 18.4 Å². The van der Waals surface area contributed by atoms with E-state index >= 15 is 0 Å². The van der Waals surface area contributed by atoms with E-state index in [4.69, 9.17) is 0 Å². The summed E-state index contributed by atoms with van der Waals surface area (Å²) in [5.74, 6) is 0.831. The lowest BCUT2D eigenvalue weighted by molar-refractivity contribution is -0.128. The minimum absolute atomic E-state index is 0.289. The van der Waals surface area contributed by atoms with Gasteiger partial charge in [0.25, 0.3) is 0 Å². The topological polar surface area (TPSA) is 38.1 Å². The molecule has 4 heteroatoms. The fourth-order valence-corrected chi connectivity index (χ4v) is 3.12. The number of fused-ring (bicyclic) bond motifs is 1. The molecule has 1 fully saturated rings. The molecule has 3 rings (SSSR count). The van der Waals surface area contributed by atoms with Crippen LogP contribution in [0.1, 0.15) is 31.7 Å². The fraction of sp³-hybridized carbons (Fsp3) is 0.500. The molecule has 0 aromatic carbocycles. The van der Waals surface area contributed by atoms with Crippen molar-refractivity contribution in [3.05, 3.63) is 30.1 Å². The van der Waals surface area contributed by atoms with Gasteiger partial charge in [0.2, 0.25) is 5.91 Å². The van der Waals surface area contributed by atoms with Gasteiger partial charge in [-0.25, -0.2) is 4.98 Å². The first-order valence-electron chi connectivity index (χ1n) is 7.35. The van der Waals surface area contributed by atoms with Gasteiger partial charge in [0.1, 0.15) is 5.65 Å². The maximum Gasteiger partial charge on any atom is 0.223 e. The Labute approximate surface area is 119 Å². The monoisotopic (exact) mass is 271 g/mol. The molecule has 0 spiro atoms. The third-order valence-corrected chi connectivity index (χ3v) is 4.13. The number of nitrogens with zero attached hydrogens (tertiary/aromatic N) is 3. The van der Waals surface area contributed by atoms with E-state index in [2.05, 4.69) is 24.0 Å². The summed E-state index contributed by atoms with van der Waals surface area (Å²) < 4.78 is 2.01. The second-order valence-corrected chi connectivity index (χ2v) is 5.82. The number of carbonyl (C=O) groups excluding carboxylic acids is 1. The van der Waals surface area contributed by atoms with E-state index in [0.717, 1.165) is 42.4 Å². The molecule has 106 valence electrons. The Hall–Kier alpha value is -1.84. The summed E-state index contributed by atoms with van der Waals surface area (Å²) >= 11 is 0. The van der Waals surface area contributed by atoms with Gasteiger partial charge in [-0.3, -0.25) is 4.79 Å². The van der Waals surface area contributed by atoms with Crippen molar-refractivity contribution >= 4 is 16.9 Å². The smallest absolute Gasteiger partial charge is 0.223 e. The number of aromatic nitrogens is 2. The molecule has 4 nitrogen and oxygen atoms in total. The van der Waals surface area contributed by atoms with Crippen LogP contribution >= 0.6 is 0 Å². The molecule has 20 heavy (non-hydrogen) atoms. The highest BCUT2D eigenvalue weighted by atomic mass is 16.2. The Morgan fingerprint density at radius 3 is 3.10 bits per heavy atom. The predicted molar refractivity (Wildman–Crippen MR) is 79.1 cm³/mol. The summed E-state index contributed by atoms with van der Waals surface area (Å²) in [6.07, 6.45) is 6.93. The number of hydrogen-bond donors (Lipinski definition) is 0. The second-order valence-electron chi connectivity index (χ2n) is 5.82. The summed E-state index contributed by atoms with van der Waals surface area (Å²) in [6, 6.07) is 4.21. The molecule has 0 radical (unpaired) electrons. The fourth-order valence-electron chi connectivity index (χ4n) is 3.12. The molecule has 1 aliphatic heterocycles. The van der Waals surface area contributed by atoms with Gasteiger partial charge in [-0.2, -0.15) is 0 Å². The van der Waals surface area contributed by atoms with Crippen molar-refractivity contribution < 1.29 is 4.79 Å². The third kappa shape index (κ3) is 2.42. The average molecular weight is 271 g/mol. The number of likely N-dealkylation sites (tertiary alicyclic amines) is 1. The zero-order valence-electron chi connectivity index (χ0n) is 12.2. The van der Waals surface area contributed by atoms with Crippen LogP contribution in [0, 0.1) is 5.92 Å². The SMILES string of the molecule is CCCC1CC(=O)N(Cc2cnc3c(ccn3C)c2)C1. The van der Waals surface area contributed by atoms with Crippen LogP contribution in [0.4, 0.5) is 0 Å². The first-order chi connectivity index (χ1) is 9.67. The Kier molecular flexibility index (Phi) is 3.47. The maximum atomic E-state index is 12.0. The molecule has 1 unspecified atom stereocenters. The van der Waals surface area contributed by atoms with E-state index in [1.807, 2.05) is 28.9 Å². The number of hydrogen-bond acceptors (Lipinski definition) is 2. The van der Waals surface area contributed by atoms with Gasteiger partial charge in [0.15, 0.2) is 0 Å². The first-order valence-corrected chi connectivity index (χ1v) is 7.35. The minimum atomic E-state index is 0.289. The van der Waals surface area contributed by atoms with Crippen molar-refractivity contribution in [2.24, 2.45) is 13.0 Å². The van der Waals surface area contributed by atoms with Gasteiger partial charge >= 0.3 is 0 Å². The molecule has 1 amide bonds. The molecule has 1 saturated heterocycles. The van der Waals surface area contributed by atoms with Crippen molar-refractivity contribution in [1.29, 1.82) is 0 Å². The predicted octanol–water partition coefficient (Wildman–Crippen LogP) is 2.72. The average Bonchev–Trinajstić information content (AvgIpc) is 2.95. The quantitative estimate of drug-likeness (QED) is 0.857. The van der Waals surface area contributed by atoms with E-state index in [1.165, 1.54) is 0 Å². The summed E-state index contributed by atoms with van der Waals surface area (Å²) in [6.45, 7) is 3.77. The van der Waals surface area contributed by atoms with Crippen LogP contribution in [0.5, 0.6) is 0 Å². The van der Waals surface area contributed by atoms with E-state index < -0.39 is 0 Å². The molecule has 2 aromatic heterocycles. The van der Waals surface area contributed by atoms with Crippen molar-refractivity contribution in [3.8, 4) is 0 Å². The standard InChI is InChI=1S/C16H21N3O/c1-3-4-12-8-15(20)19(10-12)11-13-7-14-5-6-18(2)16(14)17-9-13/h5-7,9,12H,3-4,8,10-11H2,1-2H3. The lowest BCUT2D eigenvalue weighted by Crippen LogP contribution is -2.24. The highest BCUT2D eigenvalue weighted by Crippen LogP contribution is 2.24. The number of carbonyl (C=O) groups is 1. The van der Waals surface area contributed by atoms with Crippen LogP contribution in [0.2, 0.25) is 0 Å². The van der Waals surface area contributed by atoms with Gasteiger partial charge in [0, 0.05) is 44.3 Å². The highest BCUT2D eigenvalue weighted by molar-refractivity contribution is 5.79. The zero-order chi connectivity index (χ0) is 14.1. The maximum absolute atomic E-state index is 12.0. The van der Waals surface area contributed by atoms with Crippen molar-refractivity contribution in [2.75, 3.05) is 6.54 Å². The van der Waals surface area contributed by atoms with Crippen LogP contribution < -0.4 is 0 Å². The van der Waals surface area contributed by atoms with Crippen LogP contribution in [-0.4, -0.2) is 26.9 Å². The van der Waals surface area contributed by atoms with Crippen molar-refractivity contribution in [2.45, 2.75) is 32.7 Å². The molecular formula is C16H21N3O. The first kappa shape index (κ1) is 13.2. The van der Waals surface area contributed by atoms with Gasteiger partial charge in [-0.1, -0.05) is 13.3 Å². The number of amides is 1. The lowest BCUT2D eigenvalue weighted by Gasteiger charge is -2.16. The summed E-state index contributed by atoms with van der Waals surface area (Å²) in [7, 11) is 1.99. The number of aryl methyl sites for hydroxylation is 1. The highest BCUT2D eigenvalue weighted by Gasteiger charge is 2.28. The van der Waals surface area contributed by atoms with Crippen molar-refractivity contribution in [1.82, 2.24) is 14.5 Å². The Morgan fingerprint density at radius 2 is 2.30 bits per heavy atom. The molecule has 1 aliphatic rings. The summed E-state index contributed by atoms with van der Waals surface area (Å²) in [5.41, 5.74) is 2.11. The number of rotatable bonds is 4. The lowest BCUT2D eigenvalue weighted by atomic mass is 10.0. The molecular weight excluding hydrogens is 250 g/mol. The van der Waals surface area contributed by atoms with E-state index in [9.17, 15) is 4.79 Å². The van der Waals surface area contributed by atoms with Gasteiger partial charge < -0.3 is 9.47 Å². The zero-order valence-corrected chi connectivity index (χ0v) is 12.2. The summed E-state index contributed by atoms with van der Waals surface area (Å²) in [5, 5.41) is 1.14. The largest absolute Gasteiger partial charge is 0.338 e. The molecule has 3 heterocycles. The molecule has 0 N–H and O–H groups in total. The molecule has 1 atom stereocenters. The molecule has 0 bridgehead atoms. The van der Waals surface area contributed by atoms with E-state index in [0.29, 0.717) is 12.5 Å².